The van der Waals surface area contributed by atoms with E-state index in [0.29, 0.717) is 12.8 Å². The van der Waals surface area contributed by atoms with Crippen molar-refractivity contribution in [1.82, 2.24) is 0 Å². The average molecular weight is 184 g/mol. The predicted octanol–water partition coefficient (Wildman–Crippen LogP) is -1.92. The number of hydrogen-bond acceptors (Lipinski definition) is 2. The van der Waals surface area contributed by atoms with E-state index >= 15 is 0 Å². The summed E-state index contributed by atoms with van der Waals surface area (Å²) in [4.78, 5) is 20.2. The van der Waals surface area contributed by atoms with Crippen LogP contribution in [0.3, 0.4) is 0 Å². The summed E-state index contributed by atoms with van der Waals surface area (Å²) < 4.78 is 0. The number of carboxylic acid groups (broad SMARTS) is 2. The summed E-state index contributed by atoms with van der Waals surface area (Å²) in [6.45, 7) is 1.57. The molecular weight excluding hydrogens is 171 g/mol. The van der Waals surface area contributed by atoms with Crippen molar-refractivity contribution in [1.29, 1.82) is 0 Å². The van der Waals surface area contributed by atoms with E-state index in [2.05, 4.69) is 0 Å². The van der Waals surface area contributed by atoms with E-state index in [9.17, 15) is 9.59 Å². The van der Waals surface area contributed by atoms with Crippen LogP contribution >= 0.6 is 0 Å². The molecule has 0 radical (unpaired) electrons. The van der Waals surface area contributed by atoms with Gasteiger partial charge in [0.15, 0.2) is 0 Å². The molecule has 0 aromatic rings. The van der Waals surface area contributed by atoms with Crippen LogP contribution in [-0.2, 0) is 9.59 Å². The Balaban J connectivity index is -0.000000500. The number of rotatable bonds is 5. The smallest absolute Gasteiger partial charge is 1.00 e. The summed E-state index contributed by atoms with van der Waals surface area (Å²) >= 11 is 0. The zero-order valence-electron chi connectivity index (χ0n) is 8.41. The largest absolute Gasteiger partial charge is 1.00 e. The summed E-state index contributed by atoms with van der Waals surface area (Å²) in [5, 5.41) is 16.6. The Morgan fingerprint density at radius 3 is 2.25 bits per heavy atom. The maximum Gasteiger partial charge on any atom is 1.00 e. The van der Waals surface area contributed by atoms with Crippen LogP contribution in [0, 0.1) is 5.92 Å². The van der Waals surface area contributed by atoms with Crippen LogP contribution in [0.5, 0.6) is 0 Å². The molecule has 0 rings (SSSR count). The standard InChI is InChI=1S/C7H12O4.Na.H/c1-5(7(10)11)3-2-4-6(8)9;;/h5H,2-4H2,1H3,(H,8,9)(H,10,11);;/q;+1;-1. The number of hydrogen-bond donors (Lipinski definition) is 2. The minimum absolute atomic E-state index is 0. The van der Waals surface area contributed by atoms with E-state index in [1.807, 2.05) is 0 Å². The summed E-state index contributed by atoms with van der Waals surface area (Å²) in [5.74, 6) is -2.17. The molecule has 0 aliphatic rings. The molecule has 0 bridgehead atoms. The molecule has 4 nitrogen and oxygen atoms in total. The molecule has 0 aliphatic carbocycles. The maximum absolute atomic E-state index is 10.2. The van der Waals surface area contributed by atoms with E-state index in [-0.39, 0.29) is 37.4 Å². The first kappa shape index (κ1) is 14.5. The van der Waals surface area contributed by atoms with Crippen molar-refractivity contribution in [2.45, 2.75) is 26.2 Å². The molecule has 66 valence electrons. The van der Waals surface area contributed by atoms with Crippen molar-refractivity contribution in [2.75, 3.05) is 0 Å². The molecule has 0 heterocycles. The predicted molar refractivity (Wildman–Crippen MR) is 39.4 cm³/mol. The second-order valence-electron chi connectivity index (χ2n) is 2.53. The summed E-state index contributed by atoms with van der Waals surface area (Å²) in [5.41, 5.74) is 0. The van der Waals surface area contributed by atoms with Crippen LogP contribution in [0.15, 0.2) is 0 Å². The Morgan fingerprint density at radius 1 is 1.42 bits per heavy atom. The van der Waals surface area contributed by atoms with E-state index in [1.165, 1.54) is 0 Å². The minimum atomic E-state index is -0.873. The molecule has 12 heavy (non-hydrogen) atoms. The molecule has 5 heteroatoms. The van der Waals surface area contributed by atoms with Crippen molar-refractivity contribution < 1.29 is 50.8 Å². The maximum atomic E-state index is 10.2. The van der Waals surface area contributed by atoms with Gasteiger partial charge < -0.3 is 11.6 Å². The van der Waals surface area contributed by atoms with Gasteiger partial charge in [0.1, 0.15) is 0 Å². The van der Waals surface area contributed by atoms with Crippen LogP contribution in [0.1, 0.15) is 27.6 Å². The zero-order valence-corrected chi connectivity index (χ0v) is 9.41. The molecule has 0 saturated heterocycles. The van der Waals surface area contributed by atoms with Gasteiger partial charge in [0.05, 0.1) is 5.92 Å². The summed E-state index contributed by atoms with van der Waals surface area (Å²) in [6.07, 6.45) is 0.919. The van der Waals surface area contributed by atoms with Crippen LogP contribution in [0.4, 0.5) is 0 Å². The molecule has 2 N–H and O–H groups in total. The van der Waals surface area contributed by atoms with Gasteiger partial charge in [-0.25, -0.2) is 0 Å². The Kier molecular flexibility index (Phi) is 9.14. The van der Waals surface area contributed by atoms with Crippen LogP contribution in [0.25, 0.3) is 0 Å². The Labute approximate surface area is 94.7 Å². The molecule has 0 aromatic carbocycles. The molecule has 1 unspecified atom stereocenters. The topological polar surface area (TPSA) is 74.6 Å². The second kappa shape index (κ2) is 7.58. The molecule has 0 saturated carbocycles. The van der Waals surface area contributed by atoms with E-state index in [0.717, 1.165) is 0 Å². The first-order valence-corrected chi connectivity index (χ1v) is 3.48. The number of aliphatic carboxylic acids is 2. The van der Waals surface area contributed by atoms with Gasteiger partial charge in [-0.1, -0.05) is 6.92 Å². The fourth-order valence-electron chi connectivity index (χ4n) is 0.683. The number of carboxylic acids is 2. The molecule has 0 spiro atoms. The molecule has 1 atom stereocenters. The summed E-state index contributed by atoms with van der Waals surface area (Å²) in [6, 6.07) is 0. The van der Waals surface area contributed by atoms with Gasteiger partial charge in [-0.3, -0.25) is 9.59 Å². The number of carbonyl (C=O) groups is 2. The molecule has 0 fully saturated rings. The van der Waals surface area contributed by atoms with Crippen LogP contribution in [0.2, 0.25) is 0 Å². The fraction of sp³-hybridized carbons (Fsp3) is 0.714. The third-order valence-electron chi connectivity index (χ3n) is 1.45. The minimum Gasteiger partial charge on any atom is -1.00 e. The van der Waals surface area contributed by atoms with E-state index in [1.54, 1.807) is 6.92 Å². The van der Waals surface area contributed by atoms with Crippen LogP contribution in [-0.4, -0.2) is 22.2 Å². The Bertz CT molecular complexity index is 163. The summed E-state index contributed by atoms with van der Waals surface area (Å²) in [7, 11) is 0. The van der Waals surface area contributed by atoms with Gasteiger partial charge in [-0.2, -0.15) is 0 Å². The van der Waals surface area contributed by atoms with Gasteiger partial charge in [-0.15, -0.1) is 0 Å². The van der Waals surface area contributed by atoms with Gasteiger partial charge in [0, 0.05) is 6.42 Å². The molecule has 0 aliphatic heterocycles. The third-order valence-corrected chi connectivity index (χ3v) is 1.45. The Hall–Kier alpha value is -0.0600. The Morgan fingerprint density at radius 2 is 1.92 bits per heavy atom. The van der Waals surface area contributed by atoms with Crippen molar-refractivity contribution >= 4 is 11.9 Å². The first-order chi connectivity index (χ1) is 5.04. The SMILES string of the molecule is CC(CCCC(=O)O)C(=O)O.[H-].[Na+]. The quantitative estimate of drug-likeness (QED) is 0.488. The normalized spacial score (nSPS) is 11.4. The van der Waals surface area contributed by atoms with Crippen molar-refractivity contribution in [3.63, 3.8) is 0 Å². The average Bonchev–Trinajstić information content (AvgIpc) is 1.86. The van der Waals surface area contributed by atoms with Crippen LogP contribution < -0.4 is 29.6 Å². The molecule has 0 amide bonds. The first-order valence-electron chi connectivity index (χ1n) is 3.48. The monoisotopic (exact) mass is 184 g/mol. The van der Waals surface area contributed by atoms with E-state index < -0.39 is 17.9 Å². The third kappa shape index (κ3) is 8.04. The van der Waals surface area contributed by atoms with Gasteiger partial charge in [0.2, 0.25) is 0 Å². The zero-order chi connectivity index (χ0) is 8.85. The van der Waals surface area contributed by atoms with Crippen molar-refractivity contribution in [3.8, 4) is 0 Å². The van der Waals surface area contributed by atoms with Crippen molar-refractivity contribution in [2.24, 2.45) is 5.92 Å². The van der Waals surface area contributed by atoms with E-state index in [4.69, 9.17) is 10.2 Å². The molecular formula is C7H13NaO4. The van der Waals surface area contributed by atoms with Gasteiger partial charge >= 0.3 is 41.5 Å². The molecule has 0 aromatic heterocycles. The van der Waals surface area contributed by atoms with Gasteiger partial charge in [-0.05, 0) is 12.8 Å². The van der Waals surface area contributed by atoms with Gasteiger partial charge in [0.25, 0.3) is 0 Å². The second-order valence-corrected chi connectivity index (χ2v) is 2.53. The van der Waals surface area contributed by atoms with Crippen molar-refractivity contribution in [3.05, 3.63) is 0 Å². The fourth-order valence-corrected chi connectivity index (χ4v) is 0.683.